The molecule has 144 valence electrons. The van der Waals surface area contributed by atoms with Gasteiger partial charge in [-0.25, -0.2) is 8.42 Å². The van der Waals surface area contributed by atoms with Crippen LogP contribution in [-0.4, -0.2) is 25.1 Å². The molecule has 4 nitrogen and oxygen atoms in total. The first-order valence-corrected chi connectivity index (χ1v) is 10.4. The fourth-order valence-corrected chi connectivity index (χ4v) is 4.16. The molecular weight excluding hydrogens is 353 g/mol. The van der Waals surface area contributed by atoms with Crippen molar-refractivity contribution in [3.63, 3.8) is 0 Å². The summed E-state index contributed by atoms with van der Waals surface area (Å²) < 4.78 is 62.8. The number of alkyl halides is 3. The van der Waals surface area contributed by atoms with Crippen LogP contribution in [0.25, 0.3) is 0 Å². The second-order valence-corrected chi connectivity index (χ2v) is 8.45. The lowest BCUT2D eigenvalue weighted by molar-refractivity contribution is -0.131. The quantitative estimate of drug-likeness (QED) is 0.418. The Kier molecular flexibility index (Phi) is 11.5. The van der Waals surface area contributed by atoms with E-state index in [1.165, 1.54) is 25.7 Å². The van der Waals surface area contributed by atoms with E-state index in [2.05, 4.69) is 6.92 Å². The third-order valence-corrected chi connectivity index (χ3v) is 6.31. The lowest BCUT2D eigenvalue weighted by Gasteiger charge is -2.20. The number of hydrogen-bond acceptors (Lipinski definition) is 4. The van der Waals surface area contributed by atoms with E-state index in [0.29, 0.717) is 6.42 Å². The molecule has 0 spiro atoms. The standard InChI is InChI=1S/C17H27F3N2O2S/c1-2-3-4-5-6-7-8-9-10-11-12-16(17(18,19)20)25(23,24)15(13-21)14-22/h15-16H,2-12H2,1H3. The maximum atomic E-state index is 13.0. The van der Waals surface area contributed by atoms with E-state index in [4.69, 9.17) is 10.5 Å². The molecule has 0 N–H and O–H groups in total. The molecule has 0 heterocycles. The van der Waals surface area contributed by atoms with Gasteiger partial charge in [-0.1, -0.05) is 71.1 Å². The Morgan fingerprint density at radius 1 is 0.840 bits per heavy atom. The Morgan fingerprint density at radius 2 is 1.24 bits per heavy atom. The lowest BCUT2D eigenvalue weighted by atomic mass is 10.1. The highest BCUT2D eigenvalue weighted by atomic mass is 32.2. The van der Waals surface area contributed by atoms with Gasteiger partial charge in [-0.2, -0.15) is 23.7 Å². The maximum Gasteiger partial charge on any atom is 0.405 e. The van der Waals surface area contributed by atoms with Gasteiger partial charge in [0.2, 0.25) is 5.25 Å². The summed E-state index contributed by atoms with van der Waals surface area (Å²) in [5.74, 6) is 0. The van der Waals surface area contributed by atoms with Crippen LogP contribution in [0.2, 0.25) is 0 Å². The molecule has 25 heavy (non-hydrogen) atoms. The summed E-state index contributed by atoms with van der Waals surface area (Å²) in [6.07, 6.45) is 3.69. The molecule has 0 aliphatic rings. The predicted molar refractivity (Wildman–Crippen MR) is 90.2 cm³/mol. The molecule has 0 aromatic heterocycles. The Hall–Kier alpha value is -1.28. The van der Waals surface area contributed by atoms with Crippen molar-refractivity contribution in [1.29, 1.82) is 10.5 Å². The largest absolute Gasteiger partial charge is 0.405 e. The first kappa shape index (κ1) is 23.7. The number of hydrogen-bond donors (Lipinski definition) is 0. The summed E-state index contributed by atoms with van der Waals surface area (Å²) in [5, 5.41) is 12.3. The van der Waals surface area contributed by atoms with E-state index < -0.39 is 32.9 Å². The van der Waals surface area contributed by atoms with Gasteiger partial charge < -0.3 is 0 Å². The number of nitriles is 2. The monoisotopic (exact) mass is 380 g/mol. The average molecular weight is 380 g/mol. The van der Waals surface area contributed by atoms with E-state index in [1.807, 2.05) is 0 Å². The van der Waals surface area contributed by atoms with Crippen LogP contribution in [0.1, 0.15) is 77.6 Å². The van der Waals surface area contributed by atoms with Crippen LogP contribution in [0.5, 0.6) is 0 Å². The number of nitrogens with zero attached hydrogens (tertiary/aromatic N) is 2. The molecule has 0 aliphatic heterocycles. The smallest absolute Gasteiger partial charge is 0.226 e. The Bertz CT molecular complexity index is 534. The molecule has 0 aromatic carbocycles. The van der Waals surface area contributed by atoms with Gasteiger partial charge in [0, 0.05) is 0 Å². The van der Waals surface area contributed by atoms with E-state index in [0.717, 1.165) is 37.8 Å². The zero-order valence-corrected chi connectivity index (χ0v) is 15.5. The highest BCUT2D eigenvalue weighted by Gasteiger charge is 2.51. The number of sulfone groups is 1. The minimum atomic E-state index is -4.97. The zero-order chi connectivity index (χ0) is 19.3. The molecule has 0 aliphatic carbocycles. The molecule has 0 fully saturated rings. The highest BCUT2D eigenvalue weighted by molar-refractivity contribution is 7.93. The van der Waals surface area contributed by atoms with Gasteiger partial charge in [0.1, 0.15) is 0 Å². The summed E-state index contributed by atoms with van der Waals surface area (Å²) in [7, 11) is -4.88. The van der Waals surface area contributed by atoms with Crippen molar-refractivity contribution in [3.8, 4) is 12.1 Å². The Labute approximate surface area is 148 Å². The third kappa shape index (κ3) is 9.11. The molecule has 0 aromatic rings. The van der Waals surface area contributed by atoms with Gasteiger partial charge in [0.25, 0.3) is 0 Å². The SMILES string of the molecule is CCCCCCCCCCCCC(C(F)(F)F)S(=O)(=O)C(C#N)C#N. The molecule has 0 rings (SSSR count). The van der Waals surface area contributed by atoms with Crippen molar-refractivity contribution >= 4 is 9.84 Å². The van der Waals surface area contributed by atoms with Crippen molar-refractivity contribution in [2.24, 2.45) is 0 Å². The van der Waals surface area contributed by atoms with Gasteiger partial charge in [-0.3, -0.25) is 0 Å². The summed E-state index contributed by atoms with van der Waals surface area (Å²) in [6, 6.07) is 2.27. The van der Waals surface area contributed by atoms with Crippen molar-refractivity contribution in [2.45, 2.75) is 94.2 Å². The molecule has 1 unspecified atom stereocenters. The van der Waals surface area contributed by atoms with E-state index >= 15 is 0 Å². The van der Waals surface area contributed by atoms with Crippen LogP contribution in [0.4, 0.5) is 13.2 Å². The van der Waals surface area contributed by atoms with E-state index in [9.17, 15) is 21.6 Å². The molecular formula is C17H27F3N2O2S. The van der Waals surface area contributed by atoms with Gasteiger partial charge in [0.15, 0.2) is 15.1 Å². The predicted octanol–water partition coefficient (Wildman–Crippen LogP) is 5.06. The second-order valence-electron chi connectivity index (χ2n) is 6.23. The van der Waals surface area contributed by atoms with Crippen molar-refractivity contribution < 1.29 is 21.6 Å². The lowest BCUT2D eigenvalue weighted by Crippen LogP contribution is -2.41. The topological polar surface area (TPSA) is 81.7 Å². The summed E-state index contributed by atoms with van der Waals surface area (Å²) in [6.45, 7) is 2.14. The average Bonchev–Trinajstić information content (AvgIpc) is 2.52. The number of rotatable bonds is 13. The van der Waals surface area contributed by atoms with Gasteiger partial charge in [0.05, 0.1) is 12.1 Å². The highest BCUT2D eigenvalue weighted by Crippen LogP contribution is 2.32. The molecule has 0 bridgehead atoms. The van der Waals surface area contributed by atoms with Crippen molar-refractivity contribution in [2.75, 3.05) is 0 Å². The number of unbranched alkanes of at least 4 members (excludes halogenated alkanes) is 9. The van der Waals surface area contributed by atoms with Crippen LogP contribution in [0.15, 0.2) is 0 Å². The Morgan fingerprint density at radius 3 is 1.60 bits per heavy atom. The molecule has 0 saturated heterocycles. The van der Waals surface area contributed by atoms with Crippen LogP contribution in [0, 0.1) is 22.7 Å². The normalized spacial score (nSPS) is 13.4. The molecule has 8 heteroatoms. The summed E-state index contributed by atoms with van der Waals surface area (Å²) in [4.78, 5) is 0. The maximum absolute atomic E-state index is 13.0. The summed E-state index contributed by atoms with van der Waals surface area (Å²) in [5.41, 5.74) is 0. The van der Waals surface area contributed by atoms with Crippen LogP contribution < -0.4 is 0 Å². The van der Waals surface area contributed by atoms with Gasteiger partial charge in [-0.05, 0) is 6.42 Å². The van der Waals surface area contributed by atoms with Crippen LogP contribution in [-0.2, 0) is 9.84 Å². The van der Waals surface area contributed by atoms with Crippen LogP contribution in [0.3, 0.4) is 0 Å². The fraction of sp³-hybridized carbons (Fsp3) is 0.882. The van der Waals surface area contributed by atoms with E-state index in [1.54, 1.807) is 0 Å². The first-order valence-electron chi connectivity index (χ1n) is 8.80. The Balaban J connectivity index is 4.29. The zero-order valence-electron chi connectivity index (χ0n) is 14.7. The van der Waals surface area contributed by atoms with E-state index in [-0.39, 0.29) is 6.42 Å². The third-order valence-electron chi connectivity index (χ3n) is 4.14. The minimum Gasteiger partial charge on any atom is -0.226 e. The first-order chi connectivity index (χ1) is 11.7. The number of halogens is 3. The van der Waals surface area contributed by atoms with Crippen molar-refractivity contribution in [3.05, 3.63) is 0 Å². The van der Waals surface area contributed by atoms with Crippen molar-refractivity contribution in [1.82, 2.24) is 0 Å². The van der Waals surface area contributed by atoms with Gasteiger partial charge >= 0.3 is 6.18 Å². The molecule has 1 atom stereocenters. The fourth-order valence-electron chi connectivity index (χ4n) is 2.67. The minimum absolute atomic E-state index is 0.114. The second kappa shape index (κ2) is 12.1. The van der Waals surface area contributed by atoms with Crippen LogP contribution >= 0.6 is 0 Å². The molecule has 0 saturated carbocycles. The molecule has 0 amide bonds. The van der Waals surface area contributed by atoms with Gasteiger partial charge in [-0.15, -0.1) is 0 Å². The summed E-state index contributed by atoms with van der Waals surface area (Å²) >= 11 is 0. The molecule has 0 radical (unpaired) electrons.